The van der Waals surface area contributed by atoms with Crippen LogP contribution in [0.3, 0.4) is 0 Å². The van der Waals surface area contributed by atoms with E-state index in [4.69, 9.17) is 9.47 Å². The normalized spacial score (nSPS) is 24.9. The van der Waals surface area contributed by atoms with Gasteiger partial charge < -0.3 is 20.1 Å². The van der Waals surface area contributed by atoms with E-state index in [1.807, 2.05) is 24.3 Å². The van der Waals surface area contributed by atoms with Crippen LogP contribution in [0.2, 0.25) is 0 Å². The van der Waals surface area contributed by atoms with Crippen LogP contribution in [0.25, 0.3) is 0 Å². The molecule has 120 valence electrons. The van der Waals surface area contributed by atoms with Crippen molar-refractivity contribution < 1.29 is 14.3 Å². The molecule has 0 radical (unpaired) electrons. The minimum absolute atomic E-state index is 0.0507. The fourth-order valence-corrected chi connectivity index (χ4v) is 2.93. The summed E-state index contributed by atoms with van der Waals surface area (Å²) in [5, 5.41) is 6.21. The summed E-state index contributed by atoms with van der Waals surface area (Å²) in [6.07, 6.45) is 4.43. The van der Waals surface area contributed by atoms with Gasteiger partial charge in [-0.25, -0.2) is 0 Å². The average molecular weight is 304 g/mol. The summed E-state index contributed by atoms with van der Waals surface area (Å²) in [5.74, 6) is 0.834. The van der Waals surface area contributed by atoms with Crippen LogP contribution in [0.15, 0.2) is 24.3 Å². The zero-order chi connectivity index (χ0) is 15.2. The highest BCUT2D eigenvalue weighted by molar-refractivity contribution is 5.94. The van der Waals surface area contributed by atoms with E-state index in [0.717, 1.165) is 50.4 Å². The number of hydrogen-bond acceptors (Lipinski definition) is 4. The van der Waals surface area contributed by atoms with Crippen LogP contribution in [-0.4, -0.2) is 38.3 Å². The number of benzene rings is 1. The molecule has 1 amide bonds. The first-order valence-electron chi connectivity index (χ1n) is 8.18. The fraction of sp³-hybridized carbons (Fsp3) is 0.588. The number of anilines is 1. The molecule has 22 heavy (non-hydrogen) atoms. The second-order valence-electron chi connectivity index (χ2n) is 5.97. The molecule has 5 nitrogen and oxygen atoms in total. The number of carbonyl (C=O) groups excluding carboxylic acids is 1. The third-order valence-electron chi connectivity index (χ3n) is 4.27. The van der Waals surface area contributed by atoms with E-state index >= 15 is 0 Å². The first-order chi connectivity index (χ1) is 10.8. The number of hydrogen-bond donors (Lipinski definition) is 2. The predicted octanol–water partition coefficient (Wildman–Crippen LogP) is 2.18. The van der Waals surface area contributed by atoms with Gasteiger partial charge in [0, 0.05) is 13.2 Å². The molecule has 0 bridgehead atoms. The van der Waals surface area contributed by atoms with E-state index in [0.29, 0.717) is 6.61 Å². The van der Waals surface area contributed by atoms with E-state index in [1.54, 1.807) is 0 Å². The van der Waals surface area contributed by atoms with Crippen LogP contribution in [0, 0.1) is 5.92 Å². The van der Waals surface area contributed by atoms with Crippen molar-refractivity contribution >= 4 is 11.6 Å². The van der Waals surface area contributed by atoms with Crippen LogP contribution in [0.4, 0.5) is 5.69 Å². The van der Waals surface area contributed by atoms with Crippen molar-refractivity contribution in [3.63, 3.8) is 0 Å². The summed E-state index contributed by atoms with van der Waals surface area (Å²) in [4.78, 5) is 12.2. The predicted molar refractivity (Wildman–Crippen MR) is 85.1 cm³/mol. The molecule has 2 aliphatic heterocycles. The van der Waals surface area contributed by atoms with E-state index < -0.39 is 0 Å². The van der Waals surface area contributed by atoms with E-state index in [1.165, 1.54) is 6.42 Å². The SMILES string of the molecule is O=C(Nc1ccccc1OCC1CCCCO1)C1CCNC1. The van der Waals surface area contributed by atoms with Gasteiger partial charge in [-0.15, -0.1) is 0 Å². The van der Waals surface area contributed by atoms with E-state index in [-0.39, 0.29) is 17.9 Å². The third-order valence-corrected chi connectivity index (χ3v) is 4.27. The van der Waals surface area contributed by atoms with Crippen LogP contribution in [0.5, 0.6) is 5.75 Å². The lowest BCUT2D eigenvalue weighted by atomic mass is 10.1. The van der Waals surface area contributed by atoms with E-state index in [9.17, 15) is 4.79 Å². The largest absolute Gasteiger partial charge is 0.489 e. The first kappa shape index (κ1) is 15.3. The third kappa shape index (κ3) is 3.99. The Labute approximate surface area is 131 Å². The maximum absolute atomic E-state index is 12.2. The molecular formula is C17H24N2O3. The van der Waals surface area contributed by atoms with Crippen LogP contribution < -0.4 is 15.4 Å². The minimum atomic E-state index is 0.0507. The molecule has 2 heterocycles. The maximum atomic E-state index is 12.2. The topological polar surface area (TPSA) is 59.6 Å². The van der Waals surface area contributed by atoms with Gasteiger partial charge in [-0.3, -0.25) is 4.79 Å². The Hall–Kier alpha value is -1.59. The number of amides is 1. The van der Waals surface area contributed by atoms with Crippen LogP contribution >= 0.6 is 0 Å². The molecule has 1 aromatic carbocycles. The standard InChI is InChI=1S/C17H24N2O3/c20-17(13-8-9-18-11-13)19-15-6-1-2-7-16(15)22-12-14-5-3-4-10-21-14/h1-2,6-7,13-14,18H,3-5,8-12H2,(H,19,20). The molecule has 0 aromatic heterocycles. The summed E-state index contributed by atoms with van der Waals surface area (Å²) in [5.41, 5.74) is 0.746. The Bertz CT molecular complexity index is 494. The second-order valence-corrected chi connectivity index (χ2v) is 5.97. The van der Waals surface area contributed by atoms with Crippen molar-refractivity contribution in [2.45, 2.75) is 31.8 Å². The molecule has 2 N–H and O–H groups in total. The smallest absolute Gasteiger partial charge is 0.228 e. The summed E-state index contributed by atoms with van der Waals surface area (Å²) in [6, 6.07) is 7.61. The number of nitrogens with one attached hydrogen (secondary N) is 2. The van der Waals surface area contributed by atoms with Gasteiger partial charge in [0.05, 0.1) is 17.7 Å². The molecular weight excluding hydrogens is 280 g/mol. The Morgan fingerprint density at radius 3 is 3.00 bits per heavy atom. The number of carbonyl (C=O) groups is 1. The van der Waals surface area contributed by atoms with Crippen molar-refractivity contribution in [3.8, 4) is 5.75 Å². The molecule has 2 fully saturated rings. The van der Waals surface area contributed by atoms with Gasteiger partial charge in [-0.05, 0) is 44.4 Å². The molecule has 2 aliphatic rings. The summed E-state index contributed by atoms with van der Waals surface area (Å²) in [6.45, 7) is 3.03. The highest BCUT2D eigenvalue weighted by Gasteiger charge is 2.23. The first-order valence-corrected chi connectivity index (χ1v) is 8.18. The fourth-order valence-electron chi connectivity index (χ4n) is 2.93. The summed E-state index contributed by atoms with van der Waals surface area (Å²) < 4.78 is 11.6. The highest BCUT2D eigenvalue weighted by Crippen LogP contribution is 2.26. The molecule has 0 saturated carbocycles. The van der Waals surface area contributed by atoms with Gasteiger partial charge in [0.15, 0.2) is 0 Å². The Balaban J connectivity index is 1.58. The molecule has 2 unspecified atom stereocenters. The molecule has 0 spiro atoms. The Kier molecular flexibility index (Phi) is 5.29. The maximum Gasteiger partial charge on any atom is 0.228 e. The summed E-state index contributed by atoms with van der Waals surface area (Å²) >= 11 is 0. The van der Waals surface area contributed by atoms with Crippen molar-refractivity contribution in [1.29, 1.82) is 0 Å². The average Bonchev–Trinajstić information content (AvgIpc) is 3.10. The van der Waals surface area contributed by atoms with Crippen molar-refractivity contribution in [2.75, 3.05) is 31.6 Å². The zero-order valence-corrected chi connectivity index (χ0v) is 12.8. The van der Waals surface area contributed by atoms with Crippen LogP contribution in [0.1, 0.15) is 25.7 Å². The quantitative estimate of drug-likeness (QED) is 0.875. The lowest BCUT2D eigenvalue weighted by molar-refractivity contribution is -0.119. The Morgan fingerprint density at radius 1 is 1.32 bits per heavy atom. The minimum Gasteiger partial charge on any atom is -0.489 e. The van der Waals surface area contributed by atoms with Gasteiger partial charge in [0.25, 0.3) is 0 Å². The van der Waals surface area contributed by atoms with Crippen LogP contribution in [-0.2, 0) is 9.53 Å². The molecule has 0 aliphatic carbocycles. The molecule has 1 aromatic rings. The molecule has 2 saturated heterocycles. The Morgan fingerprint density at radius 2 is 2.23 bits per heavy atom. The molecule has 2 atom stereocenters. The number of rotatable bonds is 5. The number of ether oxygens (including phenoxy) is 2. The monoisotopic (exact) mass is 304 g/mol. The van der Waals surface area contributed by atoms with Gasteiger partial charge in [-0.1, -0.05) is 12.1 Å². The van der Waals surface area contributed by atoms with Gasteiger partial charge in [0.2, 0.25) is 5.91 Å². The number of para-hydroxylation sites is 2. The lowest BCUT2D eigenvalue weighted by Crippen LogP contribution is -2.27. The van der Waals surface area contributed by atoms with Crippen molar-refractivity contribution in [3.05, 3.63) is 24.3 Å². The lowest BCUT2D eigenvalue weighted by Gasteiger charge is -2.23. The highest BCUT2D eigenvalue weighted by atomic mass is 16.5. The summed E-state index contributed by atoms with van der Waals surface area (Å²) in [7, 11) is 0. The van der Waals surface area contributed by atoms with Gasteiger partial charge in [0.1, 0.15) is 12.4 Å². The van der Waals surface area contributed by atoms with Gasteiger partial charge in [-0.2, -0.15) is 0 Å². The van der Waals surface area contributed by atoms with Gasteiger partial charge >= 0.3 is 0 Å². The zero-order valence-electron chi connectivity index (χ0n) is 12.8. The van der Waals surface area contributed by atoms with Crippen molar-refractivity contribution in [1.82, 2.24) is 5.32 Å². The molecule has 3 rings (SSSR count). The van der Waals surface area contributed by atoms with E-state index in [2.05, 4.69) is 10.6 Å². The second kappa shape index (κ2) is 7.61. The molecule has 5 heteroatoms. The van der Waals surface area contributed by atoms with Crippen molar-refractivity contribution in [2.24, 2.45) is 5.92 Å².